The summed E-state index contributed by atoms with van der Waals surface area (Å²) in [5.74, 6) is -0.719. The number of nitrogens with one attached hydrogen (secondary N) is 1. The summed E-state index contributed by atoms with van der Waals surface area (Å²) in [6.07, 6.45) is 2.37. The van der Waals surface area contributed by atoms with E-state index in [1.165, 1.54) is 7.11 Å². The Balaban J connectivity index is 2.69. The Morgan fingerprint density at radius 3 is 2.47 bits per heavy atom. The maximum Gasteiger partial charge on any atom is 0.328 e. The number of anilines is 1. The monoisotopic (exact) mass is 264 g/mol. The van der Waals surface area contributed by atoms with E-state index in [1.54, 1.807) is 24.3 Å². The minimum absolute atomic E-state index is 0.300. The van der Waals surface area contributed by atoms with Gasteiger partial charge in [0.25, 0.3) is 5.91 Å². The second kappa shape index (κ2) is 7.41. The second-order valence-corrected chi connectivity index (χ2v) is 4.31. The summed E-state index contributed by atoms with van der Waals surface area (Å²) in [7, 11) is 1.32. The molecule has 1 rings (SSSR count). The molecule has 0 heterocycles. The van der Waals surface area contributed by atoms with Crippen LogP contribution in [-0.2, 0) is 9.53 Å². The first kappa shape index (κ1) is 15.0. The number of amides is 1. The SMILES string of the molecule is CCCC[C@@H](NC(=O)c1ccc(N)cc1)C(=O)OC. The van der Waals surface area contributed by atoms with Gasteiger partial charge in [-0.25, -0.2) is 4.79 Å². The molecule has 0 unspecified atom stereocenters. The average Bonchev–Trinajstić information content (AvgIpc) is 2.43. The molecule has 1 aromatic rings. The molecule has 0 aromatic heterocycles. The molecule has 1 aromatic carbocycles. The van der Waals surface area contributed by atoms with Gasteiger partial charge in [-0.05, 0) is 30.7 Å². The van der Waals surface area contributed by atoms with Gasteiger partial charge in [0.2, 0.25) is 0 Å². The Morgan fingerprint density at radius 1 is 1.32 bits per heavy atom. The van der Waals surface area contributed by atoms with Gasteiger partial charge in [0.1, 0.15) is 6.04 Å². The quantitative estimate of drug-likeness (QED) is 0.605. The van der Waals surface area contributed by atoms with Gasteiger partial charge < -0.3 is 15.8 Å². The van der Waals surface area contributed by atoms with E-state index in [-0.39, 0.29) is 5.91 Å². The first-order valence-electron chi connectivity index (χ1n) is 6.32. The largest absolute Gasteiger partial charge is 0.467 e. The van der Waals surface area contributed by atoms with Crippen LogP contribution >= 0.6 is 0 Å². The molecular formula is C14H20N2O3. The van der Waals surface area contributed by atoms with Gasteiger partial charge in [-0.1, -0.05) is 19.8 Å². The zero-order valence-electron chi connectivity index (χ0n) is 11.3. The molecular weight excluding hydrogens is 244 g/mol. The number of esters is 1. The molecule has 0 aliphatic rings. The van der Waals surface area contributed by atoms with Crippen LogP contribution in [0.15, 0.2) is 24.3 Å². The van der Waals surface area contributed by atoms with Crippen LogP contribution in [0.4, 0.5) is 5.69 Å². The van der Waals surface area contributed by atoms with Gasteiger partial charge in [0.05, 0.1) is 7.11 Å². The van der Waals surface area contributed by atoms with Gasteiger partial charge in [-0.2, -0.15) is 0 Å². The van der Waals surface area contributed by atoms with E-state index in [0.717, 1.165) is 12.8 Å². The highest BCUT2D eigenvalue weighted by Crippen LogP contribution is 2.08. The summed E-state index contributed by atoms with van der Waals surface area (Å²) < 4.78 is 4.69. The van der Waals surface area contributed by atoms with Crippen LogP contribution in [0.1, 0.15) is 36.5 Å². The van der Waals surface area contributed by atoms with Crippen molar-refractivity contribution in [3.05, 3.63) is 29.8 Å². The van der Waals surface area contributed by atoms with Crippen molar-refractivity contribution in [3.8, 4) is 0 Å². The third-order valence-electron chi connectivity index (χ3n) is 2.81. The number of carbonyl (C=O) groups excluding carboxylic acids is 2. The second-order valence-electron chi connectivity index (χ2n) is 4.31. The fraction of sp³-hybridized carbons (Fsp3) is 0.429. The van der Waals surface area contributed by atoms with E-state index in [0.29, 0.717) is 17.7 Å². The standard InChI is InChI=1S/C14H20N2O3/c1-3-4-5-12(14(18)19-2)16-13(17)10-6-8-11(15)9-7-10/h6-9,12H,3-5,15H2,1-2H3,(H,16,17)/t12-/m1/s1. The maximum absolute atomic E-state index is 12.0. The predicted molar refractivity (Wildman–Crippen MR) is 73.6 cm³/mol. The van der Waals surface area contributed by atoms with Crippen LogP contribution < -0.4 is 11.1 Å². The third kappa shape index (κ3) is 4.62. The zero-order chi connectivity index (χ0) is 14.3. The summed E-state index contributed by atoms with van der Waals surface area (Å²) in [6.45, 7) is 2.02. The lowest BCUT2D eigenvalue weighted by atomic mass is 10.1. The van der Waals surface area contributed by atoms with Crippen LogP contribution in [0.25, 0.3) is 0 Å². The van der Waals surface area contributed by atoms with Gasteiger partial charge >= 0.3 is 5.97 Å². The Labute approximate surface area is 113 Å². The molecule has 0 saturated heterocycles. The summed E-state index contributed by atoms with van der Waals surface area (Å²) in [6, 6.07) is 5.94. The van der Waals surface area contributed by atoms with Crippen molar-refractivity contribution >= 4 is 17.6 Å². The number of ether oxygens (including phenoxy) is 1. The first-order valence-corrected chi connectivity index (χ1v) is 6.32. The van der Waals surface area contributed by atoms with E-state index in [4.69, 9.17) is 10.5 Å². The summed E-state index contributed by atoms with van der Waals surface area (Å²) in [4.78, 5) is 23.6. The van der Waals surface area contributed by atoms with Crippen molar-refractivity contribution in [1.82, 2.24) is 5.32 Å². The Morgan fingerprint density at radius 2 is 1.95 bits per heavy atom. The molecule has 19 heavy (non-hydrogen) atoms. The van der Waals surface area contributed by atoms with E-state index in [1.807, 2.05) is 6.92 Å². The number of rotatable bonds is 6. The molecule has 0 radical (unpaired) electrons. The van der Waals surface area contributed by atoms with Crippen molar-refractivity contribution in [2.24, 2.45) is 0 Å². The topological polar surface area (TPSA) is 81.4 Å². The molecule has 1 amide bonds. The summed E-state index contributed by atoms with van der Waals surface area (Å²) in [5, 5.41) is 2.68. The van der Waals surface area contributed by atoms with Crippen molar-refractivity contribution in [1.29, 1.82) is 0 Å². The molecule has 0 aliphatic heterocycles. The molecule has 3 N–H and O–H groups in total. The highest BCUT2D eigenvalue weighted by Gasteiger charge is 2.21. The van der Waals surface area contributed by atoms with Crippen molar-refractivity contribution in [2.75, 3.05) is 12.8 Å². The Kier molecular flexibility index (Phi) is 5.85. The molecule has 5 heteroatoms. The number of hydrogen-bond donors (Lipinski definition) is 2. The molecule has 1 atom stereocenters. The summed E-state index contributed by atoms with van der Waals surface area (Å²) >= 11 is 0. The van der Waals surface area contributed by atoms with Crippen molar-refractivity contribution < 1.29 is 14.3 Å². The third-order valence-corrected chi connectivity index (χ3v) is 2.81. The minimum Gasteiger partial charge on any atom is -0.467 e. The van der Waals surface area contributed by atoms with Crippen LogP contribution in [0.3, 0.4) is 0 Å². The van der Waals surface area contributed by atoms with E-state index < -0.39 is 12.0 Å². The first-order chi connectivity index (χ1) is 9.08. The van der Waals surface area contributed by atoms with Crippen molar-refractivity contribution in [2.45, 2.75) is 32.2 Å². The lowest BCUT2D eigenvalue weighted by molar-refractivity contribution is -0.143. The Hall–Kier alpha value is -2.04. The van der Waals surface area contributed by atoms with Gasteiger partial charge in [-0.3, -0.25) is 4.79 Å². The fourth-order valence-electron chi connectivity index (χ4n) is 1.68. The number of benzene rings is 1. The number of nitrogens with two attached hydrogens (primary N) is 1. The number of carbonyl (C=O) groups is 2. The molecule has 0 aliphatic carbocycles. The van der Waals surface area contributed by atoms with E-state index in [9.17, 15) is 9.59 Å². The number of hydrogen-bond acceptors (Lipinski definition) is 4. The lowest BCUT2D eigenvalue weighted by Crippen LogP contribution is -2.41. The molecule has 0 saturated carbocycles. The normalized spacial score (nSPS) is 11.7. The van der Waals surface area contributed by atoms with E-state index >= 15 is 0 Å². The maximum atomic E-state index is 12.0. The van der Waals surface area contributed by atoms with Crippen LogP contribution in [-0.4, -0.2) is 25.0 Å². The minimum atomic E-state index is -0.602. The molecule has 5 nitrogen and oxygen atoms in total. The van der Waals surface area contributed by atoms with E-state index in [2.05, 4.69) is 5.32 Å². The van der Waals surface area contributed by atoms with Crippen molar-refractivity contribution in [3.63, 3.8) is 0 Å². The lowest BCUT2D eigenvalue weighted by Gasteiger charge is -2.16. The van der Waals surface area contributed by atoms with Gasteiger partial charge in [0.15, 0.2) is 0 Å². The highest BCUT2D eigenvalue weighted by atomic mass is 16.5. The highest BCUT2D eigenvalue weighted by molar-refractivity contribution is 5.97. The van der Waals surface area contributed by atoms with Gasteiger partial charge in [0, 0.05) is 11.3 Å². The Bertz CT molecular complexity index is 429. The molecule has 104 valence electrons. The molecule has 0 fully saturated rings. The zero-order valence-corrected chi connectivity index (χ0v) is 11.3. The predicted octanol–water partition coefficient (Wildman–Crippen LogP) is 1.73. The number of methoxy groups -OCH3 is 1. The number of unbranched alkanes of at least 4 members (excludes halogenated alkanes) is 1. The van der Waals surface area contributed by atoms with Gasteiger partial charge in [-0.15, -0.1) is 0 Å². The fourth-order valence-corrected chi connectivity index (χ4v) is 1.68. The molecule has 0 spiro atoms. The number of nitrogen functional groups attached to an aromatic ring is 1. The summed E-state index contributed by atoms with van der Waals surface area (Å²) in [5.41, 5.74) is 6.62. The van der Waals surface area contributed by atoms with Crippen LogP contribution in [0, 0.1) is 0 Å². The van der Waals surface area contributed by atoms with Crippen LogP contribution in [0.2, 0.25) is 0 Å². The average molecular weight is 264 g/mol. The molecule has 0 bridgehead atoms. The smallest absolute Gasteiger partial charge is 0.328 e. The van der Waals surface area contributed by atoms with Crippen LogP contribution in [0.5, 0.6) is 0 Å².